The van der Waals surface area contributed by atoms with Crippen LogP contribution in [-0.2, 0) is 0 Å². The van der Waals surface area contributed by atoms with Crippen LogP contribution in [0.2, 0.25) is 0 Å². The van der Waals surface area contributed by atoms with Gasteiger partial charge in [-0.2, -0.15) is 0 Å². The van der Waals surface area contributed by atoms with Crippen molar-refractivity contribution in [1.29, 1.82) is 0 Å². The number of hydrogen-bond acceptors (Lipinski definition) is 5. The Kier molecular flexibility index (Phi) is 5.73. The van der Waals surface area contributed by atoms with Crippen LogP contribution < -0.4 is 5.32 Å². The number of fused-ring (bicyclic) bond motifs is 1. The number of nitrogens with one attached hydrogen (secondary N) is 1. The number of aryl methyl sites for hydroxylation is 4. The third-order valence-electron chi connectivity index (χ3n) is 4.95. The van der Waals surface area contributed by atoms with Gasteiger partial charge in [-0.05, 0) is 51.7 Å². The highest BCUT2D eigenvalue weighted by molar-refractivity contribution is 5.85. The lowest BCUT2D eigenvalue weighted by molar-refractivity contribution is 0.391. The molecule has 0 amide bonds. The van der Waals surface area contributed by atoms with E-state index in [1.807, 2.05) is 11.6 Å². The lowest BCUT2D eigenvalue weighted by Gasteiger charge is -2.16. The molecular formula is C21H30N6. The van der Waals surface area contributed by atoms with Crippen LogP contribution in [0, 0.1) is 27.7 Å². The number of benzene rings is 1. The maximum absolute atomic E-state index is 4.67. The molecule has 0 atom stereocenters. The molecule has 0 fully saturated rings. The second-order valence-electron chi connectivity index (χ2n) is 7.46. The SMILES string of the molecule is CCCC(CCC)n1nnc2c(Nc3c(C)cc(C)cc3C)nc(C)nc21. The second kappa shape index (κ2) is 8.03. The molecule has 0 unspecified atom stereocenters. The summed E-state index contributed by atoms with van der Waals surface area (Å²) in [6.45, 7) is 12.7. The molecule has 2 aromatic heterocycles. The summed E-state index contributed by atoms with van der Waals surface area (Å²) in [7, 11) is 0. The third-order valence-corrected chi connectivity index (χ3v) is 4.95. The molecule has 6 nitrogen and oxygen atoms in total. The second-order valence-corrected chi connectivity index (χ2v) is 7.46. The summed E-state index contributed by atoms with van der Waals surface area (Å²) in [6, 6.07) is 4.68. The van der Waals surface area contributed by atoms with Crippen molar-refractivity contribution < 1.29 is 0 Å². The van der Waals surface area contributed by atoms with E-state index >= 15 is 0 Å². The van der Waals surface area contributed by atoms with Gasteiger partial charge in [0, 0.05) is 5.69 Å². The zero-order valence-corrected chi connectivity index (χ0v) is 17.3. The van der Waals surface area contributed by atoms with E-state index in [1.54, 1.807) is 0 Å². The average molecular weight is 367 g/mol. The van der Waals surface area contributed by atoms with Gasteiger partial charge in [-0.25, -0.2) is 14.6 Å². The van der Waals surface area contributed by atoms with E-state index in [0.29, 0.717) is 6.04 Å². The highest BCUT2D eigenvalue weighted by Gasteiger charge is 2.19. The summed E-state index contributed by atoms with van der Waals surface area (Å²) < 4.78 is 2.00. The van der Waals surface area contributed by atoms with E-state index < -0.39 is 0 Å². The van der Waals surface area contributed by atoms with Crippen LogP contribution in [-0.4, -0.2) is 25.0 Å². The number of aromatic nitrogens is 5. The number of nitrogens with zero attached hydrogens (tertiary/aromatic N) is 5. The minimum atomic E-state index is 0.329. The van der Waals surface area contributed by atoms with Gasteiger partial charge in [0.05, 0.1) is 6.04 Å². The Bertz CT molecular complexity index is 914. The first-order chi connectivity index (χ1) is 12.9. The molecule has 27 heavy (non-hydrogen) atoms. The lowest BCUT2D eigenvalue weighted by atomic mass is 10.1. The van der Waals surface area contributed by atoms with Gasteiger partial charge in [0.1, 0.15) is 5.82 Å². The number of anilines is 2. The minimum Gasteiger partial charge on any atom is -0.338 e. The summed E-state index contributed by atoms with van der Waals surface area (Å²) in [5, 5.41) is 12.4. The first kappa shape index (κ1) is 19.3. The van der Waals surface area contributed by atoms with Crippen molar-refractivity contribution in [3.63, 3.8) is 0 Å². The number of hydrogen-bond donors (Lipinski definition) is 1. The number of rotatable bonds is 7. The van der Waals surface area contributed by atoms with Crippen LogP contribution in [0.5, 0.6) is 0 Å². The first-order valence-electron chi connectivity index (χ1n) is 9.89. The molecule has 0 aliphatic carbocycles. The largest absolute Gasteiger partial charge is 0.338 e. The molecule has 1 N–H and O–H groups in total. The molecule has 0 aliphatic heterocycles. The molecule has 0 aliphatic rings. The van der Waals surface area contributed by atoms with Crippen LogP contribution in [0.3, 0.4) is 0 Å². The Morgan fingerprint density at radius 2 is 1.59 bits per heavy atom. The Balaban J connectivity index is 2.08. The van der Waals surface area contributed by atoms with Crippen LogP contribution in [0.15, 0.2) is 12.1 Å². The van der Waals surface area contributed by atoms with Crippen LogP contribution in [0.1, 0.15) is 68.1 Å². The van der Waals surface area contributed by atoms with Crippen LogP contribution >= 0.6 is 0 Å². The monoisotopic (exact) mass is 366 g/mol. The smallest absolute Gasteiger partial charge is 0.184 e. The molecule has 0 radical (unpaired) electrons. The van der Waals surface area contributed by atoms with Crippen molar-refractivity contribution in [1.82, 2.24) is 25.0 Å². The molecule has 0 spiro atoms. The van der Waals surface area contributed by atoms with Gasteiger partial charge in [0.25, 0.3) is 0 Å². The van der Waals surface area contributed by atoms with Crippen LogP contribution in [0.25, 0.3) is 11.2 Å². The lowest BCUT2D eigenvalue weighted by Crippen LogP contribution is -2.12. The fraction of sp³-hybridized carbons (Fsp3) is 0.524. The predicted molar refractivity (Wildman–Crippen MR) is 111 cm³/mol. The summed E-state index contributed by atoms with van der Waals surface area (Å²) in [5.41, 5.74) is 6.27. The Morgan fingerprint density at radius 3 is 2.19 bits per heavy atom. The van der Waals surface area contributed by atoms with Gasteiger partial charge in [0.2, 0.25) is 0 Å². The molecule has 0 bridgehead atoms. The molecule has 0 saturated carbocycles. The van der Waals surface area contributed by atoms with Gasteiger partial charge in [-0.3, -0.25) is 0 Å². The van der Waals surface area contributed by atoms with E-state index in [0.717, 1.165) is 54.2 Å². The third kappa shape index (κ3) is 3.94. The first-order valence-corrected chi connectivity index (χ1v) is 9.89. The quantitative estimate of drug-likeness (QED) is 0.611. The van der Waals surface area contributed by atoms with Gasteiger partial charge in [-0.1, -0.05) is 49.6 Å². The van der Waals surface area contributed by atoms with E-state index in [2.05, 4.69) is 72.3 Å². The van der Waals surface area contributed by atoms with Gasteiger partial charge in [0.15, 0.2) is 17.0 Å². The Labute approximate surface area is 161 Å². The Morgan fingerprint density at radius 1 is 0.963 bits per heavy atom. The maximum atomic E-state index is 4.67. The standard InChI is InChI=1S/C21H30N6/c1-7-9-17(10-8-2)27-21-19(25-26-27)20(22-16(6)23-21)24-18-14(4)11-13(3)12-15(18)5/h11-12,17H,7-10H2,1-6H3,(H,22,23,24). The topological polar surface area (TPSA) is 68.5 Å². The van der Waals surface area contributed by atoms with Gasteiger partial charge in [-0.15, -0.1) is 5.10 Å². The molecule has 144 valence electrons. The molecule has 0 saturated heterocycles. The summed E-state index contributed by atoms with van der Waals surface area (Å²) in [5.74, 6) is 1.45. The molecule has 1 aromatic carbocycles. The Hall–Kier alpha value is -2.50. The highest BCUT2D eigenvalue weighted by Crippen LogP contribution is 2.30. The predicted octanol–water partition coefficient (Wildman–Crippen LogP) is 5.34. The van der Waals surface area contributed by atoms with E-state index in [9.17, 15) is 0 Å². The summed E-state index contributed by atoms with van der Waals surface area (Å²) >= 11 is 0. The fourth-order valence-electron chi connectivity index (χ4n) is 3.82. The summed E-state index contributed by atoms with van der Waals surface area (Å²) in [4.78, 5) is 9.30. The van der Waals surface area contributed by atoms with Crippen LogP contribution in [0.4, 0.5) is 11.5 Å². The molecule has 2 heterocycles. The van der Waals surface area contributed by atoms with Crippen molar-refractivity contribution in [2.24, 2.45) is 0 Å². The highest BCUT2D eigenvalue weighted by atomic mass is 15.5. The molecule has 6 heteroatoms. The van der Waals surface area contributed by atoms with Crippen molar-refractivity contribution in [3.8, 4) is 0 Å². The van der Waals surface area contributed by atoms with Crippen molar-refractivity contribution >= 4 is 22.7 Å². The normalized spacial score (nSPS) is 11.5. The van der Waals surface area contributed by atoms with Crippen molar-refractivity contribution in [2.45, 2.75) is 73.3 Å². The van der Waals surface area contributed by atoms with Crippen molar-refractivity contribution in [2.75, 3.05) is 5.32 Å². The van der Waals surface area contributed by atoms with Crippen molar-refractivity contribution in [3.05, 3.63) is 34.6 Å². The average Bonchev–Trinajstić information content (AvgIpc) is 3.01. The molecule has 3 aromatic rings. The zero-order chi connectivity index (χ0) is 19.6. The molecule has 3 rings (SSSR count). The minimum absolute atomic E-state index is 0.329. The summed E-state index contributed by atoms with van der Waals surface area (Å²) in [6.07, 6.45) is 4.38. The maximum Gasteiger partial charge on any atom is 0.184 e. The fourth-order valence-corrected chi connectivity index (χ4v) is 3.82. The van der Waals surface area contributed by atoms with E-state index in [-0.39, 0.29) is 0 Å². The van der Waals surface area contributed by atoms with Gasteiger partial charge < -0.3 is 5.32 Å². The zero-order valence-electron chi connectivity index (χ0n) is 17.3. The van der Waals surface area contributed by atoms with E-state index in [1.165, 1.54) is 16.7 Å². The van der Waals surface area contributed by atoms with Gasteiger partial charge >= 0.3 is 0 Å². The van der Waals surface area contributed by atoms with E-state index in [4.69, 9.17) is 0 Å². The molecular weight excluding hydrogens is 336 g/mol.